The van der Waals surface area contributed by atoms with Crippen LogP contribution >= 0.6 is 16.8 Å². The molecule has 0 saturated carbocycles. The van der Waals surface area contributed by atoms with Gasteiger partial charge in [-0.05, 0) is 48.2 Å². The quantitative estimate of drug-likeness (QED) is 0.205. The molecule has 2 heterocycles. The molecule has 0 fully saturated rings. The van der Waals surface area contributed by atoms with E-state index in [1.807, 2.05) is 48.5 Å². The minimum atomic E-state index is -1.13. The van der Waals surface area contributed by atoms with Crippen molar-refractivity contribution < 1.29 is 18.1 Å². The topological polar surface area (TPSA) is 36.9 Å². The van der Waals surface area contributed by atoms with E-state index in [0.717, 1.165) is 46.1 Å². The normalized spacial score (nSPS) is 17.4. The lowest BCUT2D eigenvalue weighted by Gasteiger charge is -2.27. The maximum Gasteiger partial charge on any atom is 0.265 e. The van der Waals surface area contributed by atoms with Crippen molar-refractivity contribution in [3.63, 3.8) is 0 Å². The molecule has 4 aromatic rings. The minimum Gasteiger partial charge on any atom is -0.443 e. The van der Waals surface area contributed by atoms with Crippen LogP contribution in [0.15, 0.2) is 97.1 Å². The molecule has 0 bridgehead atoms. The summed E-state index contributed by atoms with van der Waals surface area (Å²) in [7, 11) is -2.26. The fraction of sp³-hybridized carbons (Fsp3) is 0.143. The van der Waals surface area contributed by atoms with Gasteiger partial charge in [0.1, 0.15) is 11.5 Å². The van der Waals surface area contributed by atoms with Crippen molar-refractivity contribution in [1.29, 1.82) is 0 Å². The first kappa shape index (κ1) is 21.8. The van der Waals surface area contributed by atoms with Crippen molar-refractivity contribution in [1.82, 2.24) is 0 Å². The average molecular weight is 486 g/mol. The van der Waals surface area contributed by atoms with E-state index in [0.29, 0.717) is 13.2 Å². The largest absolute Gasteiger partial charge is 0.443 e. The van der Waals surface area contributed by atoms with Crippen LogP contribution in [0.2, 0.25) is 0 Å². The SMILES string of the molecule is c1ccc2c(c1)OP(OCCCCOP1Oc3ccccc3-c3ccccc31)c1ccccc1-2. The van der Waals surface area contributed by atoms with Crippen molar-refractivity contribution >= 4 is 27.4 Å². The van der Waals surface area contributed by atoms with Gasteiger partial charge >= 0.3 is 0 Å². The Labute approximate surface area is 202 Å². The standard InChI is InChI=1S/C28H24O4P2/c1-5-15-25-21(11-1)23-13-3-7-17-27(23)33(31-25)29-19-9-10-20-30-34-28-18-8-4-14-24(28)22-12-2-6-16-26(22)32-34/h1-8,11-18H,9-10,19-20H2. The molecule has 6 heteroatoms. The number of hydrogen-bond donors (Lipinski definition) is 0. The third-order valence-electron chi connectivity index (χ3n) is 5.87. The van der Waals surface area contributed by atoms with Gasteiger partial charge < -0.3 is 18.1 Å². The highest BCUT2D eigenvalue weighted by Crippen LogP contribution is 2.50. The van der Waals surface area contributed by atoms with Gasteiger partial charge in [-0.2, -0.15) is 0 Å². The van der Waals surface area contributed by atoms with Crippen LogP contribution in [-0.2, 0) is 9.05 Å². The van der Waals surface area contributed by atoms with E-state index in [9.17, 15) is 0 Å². The molecule has 4 nitrogen and oxygen atoms in total. The number of hydrogen-bond acceptors (Lipinski definition) is 4. The summed E-state index contributed by atoms with van der Waals surface area (Å²) >= 11 is 0. The zero-order valence-electron chi connectivity index (χ0n) is 18.6. The first-order chi connectivity index (χ1) is 16.9. The smallest absolute Gasteiger partial charge is 0.265 e. The van der Waals surface area contributed by atoms with E-state index >= 15 is 0 Å². The first-order valence-electron chi connectivity index (χ1n) is 11.5. The molecule has 0 radical (unpaired) electrons. The van der Waals surface area contributed by atoms with Crippen LogP contribution in [0.4, 0.5) is 0 Å². The second-order valence-electron chi connectivity index (χ2n) is 8.10. The van der Waals surface area contributed by atoms with Crippen molar-refractivity contribution in [3.8, 4) is 33.8 Å². The van der Waals surface area contributed by atoms with Gasteiger partial charge in [-0.1, -0.05) is 72.8 Å². The second kappa shape index (κ2) is 9.86. The van der Waals surface area contributed by atoms with E-state index in [1.54, 1.807) is 0 Å². The van der Waals surface area contributed by atoms with E-state index < -0.39 is 16.8 Å². The van der Waals surface area contributed by atoms with Crippen LogP contribution in [0, 0.1) is 0 Å². The Kier molecular flexibility index (Phi) is 6.31. The highest BCUT2D eigenvalue weighted by atomic mass is 31.2. The molecule has 2 aliphatic heterocycles. The van der Waals surface area contributed by atoms with E-state index in [-0.39, 0.29) is 0 Å². The molecule has 2 unspecified atom stereocenters. The Morgan fingerprint density at radius 3 is 1.32 bits per heavy atom. The number of unbranched alkanes of at least 4 members (excludes halogenated alkanes) is 1. The molecule has 2 aliphatic rings. The third-order valence-corrected chi connectivity index (χ3v) is 9.00. The molecule has 0 saturated heterocycles. The fourth-order valence-corrected chi connectivity index (χ4v) is 7.27. The fourth-order valence-electron chi connectivity index (χ4n) is 4.23. The lowest BCUT2D eigenvalue weighted by molar-refractivity contribution is 0.271. The monoisotopic (exact) mass is 486 g/mol. The minimum absolute atomic E-state index is 0.629. The van der Waals surface area contributed by atoms with Gasteiger partial charge in [0.2, 0.25) is 0 Å². The summed E-state index contributed by atoms with van der Waals surface area (Å²) in [4.78, 5) is 0. The molecule has 0 aliphatic carbocycles. The predicted molar refractivity (Wildman–Crippen MR) is 139 cm³/mol. The molecule has 0 N–H and O–H groups in total. The van der Waals surface area contributed by atoms with Crippen LogP contribution in [0.25, 0.3) is 22.3 Å². The molecular formula is C28H24O4P2. The maximum absolute atomic E-state index is 6.23. The van der Waals surface area contributed by atoms with Crippen molar-refractivity contribution in [3.05, 3.63) is 97.1 Å². The van der Waals surface area contributed by atoms with E-state index in [4.69, 9.17) is 18.1 Å². The summed E-state index contributed by atoms with van der Waals surface area (Å²) < 4.78 is 24.9. The van der Waals surface area contributed by atoms with Gasteiger partial charge in [0.05, 0.1) is 23.8 Å². The molecule has 6 rings (SSSR count). The van der Waals surface area contributed by atoms with Crippen molar-refractivity contribution in [2.24, 2.45) is 0 Å². The number of fused-ring (bicyclic) bond motifs is 6. The van der Waals surface area contributed by atoms with Crippen molar-refractivity contribution in [2.45, 2.75) is 12.8 Å². The molecule has 0 amide bonds. The molecule has 0 aromatic heterocycles. The Morgan fingerprint density at radius 2 is 0.853 bits per heavy atom. The Balaban J connectivity index is 1.04. The lowest BCUT2D eigenvalue weighted by atomic mass is 10.0. The van der Waals surface area contributed by atoms with Crippen LogP contribution in [0.1, 0.15) is 12.8 Å². The number of rotatable bonds is 7. The zero-order chi connectivity index (χ0) is 22.7. The van der Waals surface area contributed by atoms with Crippen LogP contribution in [0.3, 0.4) is 0 Å². The van der Waals surface area contributed by atoms with Gasteiger partial charge in [0, 0.05) is 11.1 Å². The summed E-state index contributed by atoms with van der Waals surface area (Å²) in [6.45, 7) is 1.26. The second-order valence-corrected chi connectivity index (χ2v) is 11.0. The molecule has 4 aromatic carbocycles. The van der Waals surface area contributed by atoms with Crippen LogP contribution in [0.5, 0.6) is 11.5 Å². The number of benzene rings is 4. The first-order valence-corrected chi connectivity index (χ1v) is 13.8. The zero-order valence-corrected chi connectivity index (χ0v) is 20.4. The van der Waals surface area contributed by atoms with Crippen LogP contribution < -0.4 is 19.7 Å². The maximum atomic E-state index is 6.23. The van der Waals surface area contributed by atoms with Crippen LogP contribution in [-0.4, -0.2) is 13.2 Å². The van der Waals surface area contributed by atoms with E-state index in [2.05, 4.69) is 48.5 Å². The van der Waals surface area contributed by atoms with Gasteiger partial charge in [-0.3, -0.25) is 0 Å². The summed E-state index contributed by atoms with van der Waals surface area (Å²) in [5.74, 6) is 1.79. The van der Waals surface area contributed by atoms with Gasteiger partial charge in [0.15, 0.2) is 0 Å². The molecule has 2 atom stereocenters. The average Bonchev–Trinajstić information content (AvgIpc) is 2.90. The van der Waals surface area contributed by atoms with E-state index in [1.165, 1.54) is 11.1 Å². The Bertz CT molecular complexity index is 1210. The summed E-state index contributed by atoms with van der Waals surface area (Å²) in [6, 6.07) is 33.1. The van der Waals surface area contributed by atoms with Gasteiger partial charge in [-0.25, -0.2) is 0 Å². The molecular weight excluding hydrogens is 462 g/mol. The number of para-hydroxylation sites is 2. The Morgan fingerprint density at radius 1 is 0.471 bits per heavy atom. The highest BCUT2D eigenvalue weighted by Gasteiger charge is 2.28. The predicted octanol–water partition coefficient (Wildman–Crippen LogP) is 7.19. The molecule has 34 heavy (non-hydrogen) atoms. The summed E-state index contributed by atoms with van der Waals surface area (Å²) in [5, 5.41) is 2.28. The Hall–Kier alpha value is -2.74. The third kappa shape index (κ3) is 4.24. The summed E-state index contributed by atoms with van der Waals surface area (Å²) in [5.41, 5.74) is 4.67. The summed E-state index contributed by atoms with van der Waals surface area (Å²) in [6.07, 6.45) is 1.79. The van der Waals surface area contributed by atoms with Gasteiger partial charge in [0.25, 0.3) is 16.8 Å². The lowest BCUT2D eigenvalue weighted by Crippen LogP contribution is -2.16. The van der Waals surface area contributed by atoms with Crippen molar-refractivity contribution in [2.75, 3.05) is 13.2 Å². The molecule has 170 valence electrons. The molecule has 0 spiro atoms. The highest BCUT2D eigenvalue weighted by molar-refractivity contribution is 7.57. The van der Waals surface area contributed by atoms with Gasteiger partial charge in [-0.15, -0.1) is 0 Å².